The normalized spacial score (nSPS) is 9.54. The second kappa shape index (κ2) is 10.1. The number of ether oxygens (including phenoxy) is 2. The van der Waals surface area contributed by atoms with Gasteiger partial charge in [0.1, 0.15) is 17.7 Å². The van der Waals surface area contributed by atoms with Gasteiger partial charge in [-0.15, -0.1) is 4.98 Å². The first-order valence-corrected chi connectivity index (χ1v) is 7.62. The number of carbonyl (C=O) groups excluding carboxylic acids is 2. The second-order valence-corrected chi connectivity index (χ2v) is 4.89. The molecule has 0 spiro atoms. The van der Waals surface area contributed by atoms with E-state index in [0.29, 0.717) is 5.69 Å². The minimum absolute atomic E-state index is 0.115. The molecule has 0 aromatic carbocycles. The van der Waals surface area contributed by atoms with Gasteiger partial charge in [-0.3, -0.25) is 20.0 Å². The van der Waals surface area contributed by atoms with Crippen molar-refractivity contribution in [1.29, 1.82) is 0 Å². The van der Waals surface area contributed by atoms with E-state index in [9.17, 15) is 9.59 Å². The third-order valence-corrected chi connectivity index (χ3v) is 2.86. The molecule has 0 fully saturated rings. The molecule has 1 N–H and O–H groups in total. The molecule has 0 aliphatic rings. The molecule has 0 aliphatic carbocycles. The van der Waals surface area contributed by atoms with Gasteiger partial charge >= 0.3 is 11.9 Å². The Bertz CT molecular complexity index is 627. The summed E-state index contributed by atoms with van der Waals surface area (Å²) in [5.74, 6) is -0.713. The number of hydrogen-bond acceptors (Lipinski definition) is 7. The number of nitrogens with zero attached hydrogens (tertiary/aromatic N) is 3. The molecule has 1 rings (SSSR count). The molecule has 0 unspecified atom stereocenters. The maximum Gasteiger partial charge on any atom is 0.327 e. The van der Waals surface area contributed by atoms with E-state index in [1.807, 2.05) is 0 Å². The maximum absolute atomic E-state index is 11.7. The molecule has 0 saturated carbocycles. The first kappa shape index (κ1) is 19.3. The lowest BCUT2D eigenvalue weighted by Gasteiger charge is -2.24. The number of aromatic nitrogens is 1. The van der Waals surface area contributed by atoms with Gasteiger partial charge < -0.3 is 14.3 Å². The highest BCUT2D eigenvalue weighted by molar-refractivity contribution is 7.80. The zero-order chi connectivity index (χ0) is 17.9. The molecule has 9 heteroatoms. The van der Waals surface area contributed by atoms with E-state index < -0.39 is 11.9 Å². The number of hydrazine groups is 1. The van der Waals surface area contributed by atoms with Crippen molar-refractivity contribution >= 4 is 40.7 Å². The fraction of sp³-hybridized carbons (Fsp3) is 0.400. The van der Waals surface area contributed by atoms with Crippen LogP contribution >= 0.6 is 12.2 Å². The Morgan fingerprint density at radius 1 is 1.29 bits per heavy atom. The summed E-state index contributed by atoms with van der Waals surface area (Å²) in [6.07, 6.45) is 1.31. The Balaban J connectivity index is 2.84. The Morgan fingerprint density at radius 3 is 2.50 bits per heavy atom. The quantitative estimate of drug-likeness (QED) is 0.329. The van der Waals surface area contributed by atoms with Crippen LogP contribution in [-0.4, -0.2) is 41.7 Å². The number of nitrogens with one attached hydrogen (secondary N) is 1. The number of hydrogen-bond donors (Lipinski definition) is 1. The van der Waals surface area contributed by atoms with E-state index in [1.54, 1.807) is 19.9 Å². The van der Waals surface area contributed by atoms with E-state index in [-0.39, 0.29) is 37.0 Å². The number of rotatable bonds is 8. The van der Waals surface area contributed by atoms with Crippen LogP contribution in [0.25, 0.3) is 4.85 Å². The second-order valence-electron chi connectivity index (χ2n) is 4.39. The van der Waals surface area contributed by atoms with Crippen molar-refractivity contribution < 1.29 is 19.1 Å². The first-order valence-electron chi connectivity index (χ1n) is 7.21. The summed E-state index contributed by atoms with van der Waals surface area (Å²) in [6.45, 7) is 10.7. The van der Waals surface area contributed by atoms with Crippen LogP contribution in [0.3, 0.4) is 0 Å². The third kappa shape index (κ3) is 6.58. The topological polar surface area (TPSA) is 85.1 Å². The molecule has 1 heterocycles. The van der Waals surface area contributed by atoms with E-state index >= 15 is 0 Å². The molecular weight excluding hydrogens is 332 g/mol. The highest BCUT2D eigenvalue weighted by atomic mass is 32.1. The minimum atomic E-state index is -0.474. The molecule has 0 aliphatic heterocycles. The van der Waals surface area contributed by atoms with Gasteiger partial charge in [0.2, 0.25) is 0 Å². The van der Waals surface area contributed by atoms with E-state index in [1.165, 1.54) is 17.3 Å². The van der Waals surface area contributed by atoms with Crippen molar-refractivity contribution in [3.05, 3.63) is 29.7 Å². The molecule has 0 amide bonds. The van der Waals surface area contributed by atoms with Gasteiger partial charge in [0.25, 0.3) is 5.82 Å². The Hall–Kier alpha value is -2.73. The average Bonchev–Trinajstić information content (AvgIpc) is 2.54. The molecule has 0 atom stereocenters. The predicted molar refractivity (Wildman–Crippen MR) is 91.5 cm³/mol. The molecule has 0 bridgehead atoms. The van der Waals surface area contributed by atoms with Gasteiger partial charge in [-0.1, -0.05) is 18.8 Å². The molecule has 0 radical (unpaired) electrons. The molecule has 0 saturated heterocycles. The van der Waals surface area contributed by atoms with Gasteiger partial charge in [0.05, 0.1) is 25.3 Å². The van der Waals surface area contributed by atoms with Crippen LogP contribution in [0.2, 0.25) is 0 Å². The summed E-state index contributed by atoms with van der Waals surface area (Å²) in [4.78, 5) is 30.6. The van der Waals surface area contributed by atoms with Crippen molar-refractivity contribution in [3.8, 4) is 0 Å². The van der Waals surface area contributed by atoms with Crippen LogP contribution in [0.5, 0.6) is 0 Å². The molecule has 128 valence electrons. The van der Waals surface area contributed by atoms with Gasteiger partial charge in [-0.05, 0) is 26.0 Å². The van der Waals surface area contributed by atoms with Gasteiger partial charge in [0, 0.05) is 0 Å². The third-order valence-electron chi connectivity index (χ3n) is 2.62. The van der Waals surface area contributed by atoms with Crippen LogP contribution in [0.4, 0.5) is 11.5 Å². The lowest BCUT2D eigenvalue weighted by molar-refractivity contribution is -0.142. The van der Waals surface area contributed by atoms with Crippen LogP contribution < -0.4 is 10.4 Å². The smallest absolute Gasteiger partial charge is 0.327 e. The van der Waals surface area contributed by atoms with Crippen LogP contribution in [0, 0.1) is 6.57 Å². The van der Waals surface area contributed by atoms with Gasteiger partial charge in [-0.2, -0.15) is 0 Å². The van der Waals surface area contributed by atoms with Crippen molar-refractivity contribution in [1.82, 2.24) is 10.4 Å². The largest absolute Gasteiger partial charge is 0.466 e. The number of thiocarbonyl (C=S) groups is 1. The number of carbonyl (C=O) groups is 2. The summed E-state index contributed by atoms with van der Waals surface area (Å²) in [5.41, 5.74) is 3.30. The SMILES string of the molecule is [C-]#[N+]c1ccc(N(CC(=O)OCC)NC(=S)CC(=O)OCC)cn1. The zero-order valence-corrected chi connectivity index (χ0v) is 14.3. The summed E-state index contributed by atoms with van der Waals surface area (Å²) >= 11 is 5.11. The molecule has 24 heavy (non-hydrogen) atoms. The fourth-order valence-electron chi connectivity index (χ4n) is 1.67. The van der Waals surface area contributed by atoms with Crippen LogP contribution in [-0.2, 0) is 19.1 Å². The summed E-state index contributed by atoms with van der Waals surface area (Å²) in [7, 11) is 0. The minimum Gasteiger partial charge on any atom is -0.466 e. The predicted octanol–water partition coefficient (Wildman–Crippen LogP) is 1.79. The zero-order valence-electron chi connectivity index (χ0n) is 13.4. The summed E-state index contributed by atoms with van der Waals surface area (Å²) in [6, 6.07) is 3.12. The van der Waals surface area contributed by atoms with Gasteiger partial charge in [0.15, 0.2) is 0 Å². The molecule has 8 nitrogen and oxygen atoms in total. The number of pyridine rings is 1. The van der Waals surface area contributed by atoms with Crippen molar-refractivity contribution in [2.45, 2.75) is 20.3 Å². The van der Waals surface area contributed by atoms with Crippen LogP contribution in [0.15, 0.2) is 18.3 Å². The van der Waals surface area contributed by atoms with Gasteiger partial charge in [-0.25, -0.2) is 0 Å². The lowest BCUT2D eigenvalue weighted by atomic mass is 10.3. The van der Waals surface area contributed by atoms with E-state index in [4.69, 9.17) is 28.3 Å². The molecular formula is C15H18N4O4S. The number of esters is 2. The Morgan fingerprint density at radius 2 is 1.96 bits per heavy atom. The Labute approximate surface area is 145 Å². The van der Waals surface area contributed by atoms with Crippen molar-refractivity contribution in [2.24, 2.45) is 0 Å². The molecule has 1 aromatic heterocycles. The average molecular weight is 350 g/mol. The fourth-order valence-corrected chi connectivity index (χ4v) is 1.90. The standard InChI is InChI=1S/C15H18N4O4S/c1-4-22-14(20)8-13(24)18-19(10-15(21)23-5-2)11-6-7-12(16-3)17-9-11/h6-7,9H,4-5,8,10H2,1-2H3,(H,18,24). The highest BCUT2D eigenvalue weighted by Gasteiger charge is 2.17. The highest BCUT2D eigenvalue weighted by Crippen LogP contribution is 2.15. The summed E-state index contributed by atoms with van der Waals surface area (Å²) in [5, 5.41) is 1.40. The summed E-state index contributed by atoms with van der Waals surface area (Å²) < 4.78 is 9.74. The maximum atomic E-state index is 11.7. The van der Waals surface area contributed by atoms with E-state index in [0.717, 1.165) is 0 Å². The van der Waals surface area contributed by atoms with E-state index in [2.05, 4.69) is 15.3 Å². The van der Waals surface area contributed by atoms with Crippen molar-refractivity contribution in [3.63, 3.8) is 0 Å². The monoisotopic (exact) mass is 350 g/mol. The lowest BCUT2D eigenvalue weighted by Crippen LogP contribution is -2.45. The van der Waals surface area contributed by atoms with Crippen molar-refractivity contribution in [2.75, 3.05) is 24.8 Å². The number of anilines is 1. The van der Waals surface area contributed by atoms with Crippen LogP contribution in [0.1, 0.15) is 20.3 Å². The molecule has 1 aromatic rings. The Kier molecular flexibility index (Phi) is 8.15. The first-order chi connectivity index (χ1) is 11.5.